The molecule has 1 aromatic carbocycles. The molecule has 112 valence electrons. The summed E-state index contributed by atoms with van der Waals surface area (Å²) in [5.74, 6) is -0.277. The number of likely N-dealkylation sites (N-methyl/N-ethyl adjacent to an activating group) is 1. The van der Waals surface area contributed by atoms with Crippen molar-refractivity contribution in [2.45, 2.75) is 25.5 Å². The fourth-order valence-electron chi connectivity index (χ4n) is 2.45. The monoisotopic (exact) mass is 281 g/mol. The standard InChI is InChI=1S/C15H24FN3O/c1-3-14(17-19-10-8-18(2)9-11-19)15(20)12-4-6-13(16)7-5-12/h4-7,14-15,17,20H,3,8-11H2,1-2H3. The van der Waals surface area contributed by atoms with Gasteiger partial charge in [-0.05, 0) is 31.2 Å². The Morgan fingerprint density at radius 2 is 1.80 bits per heavy atom. The Bertz CT molecular complexity index is 404. The number of piperazine rings is 1. The van der Waals surface area contributed by atoms with Gasteiger partial charge in [-0.2, -0.15) is 0 Å². The number of nitrogens with zero attached hydrogens (tertiary/aromatic N) is 2. The fraction of sp³-hybridized carbons (Fsp3) is 0.600. The van der Waals surface area contributed by atoms with Crippen molar-refractivity contribution in [1.82, 2.24) is 15.3 Å². The Hall–Kier alpha value is -1.01. The number of rotatable bonds is 5. The number of nitrogens with one attached hydrogen (secondary N) is 1. The van der Waals surface area contributed by atoms with Crippen LogP contribution in [0.3, 0.4) is 0 Å². The Morgan fingerprint density at radius 3 is 2.35 bits per heavy atom. The third kappa shape index (κ3) is 3.99. The molecule has 4 nitrogen and oxygen atoms in total. The first-order valence-electron chi connectivity index (χ1n) is 7.23. The summed E-state index contributed by atoms with van der Waals surface area (Å²) in [7, 11) is 2.11. The van der Waals surface area contributed by atoms with Crippen LogP contribution in [0.15, 0.2) is 24.3 Å². The van der Waals surface area contributed by atoms with Crippen molar-refractivity contribution in [2.75, 3.05) is 33.2 Å². The van der Waals surface area contributed by atoms with E-state index in [2.05, 4.69) is 22.4 Å². The van der Waals surface area contributed by atoms with Crippen molar-refractivity contribution < 1.29 is 9.50 Å². The maximum atomic E-state index is 12.9. The van der Waals surface area contributed by atoms with Gasteiger partial charge in [-0.25, -0.2) is 14.8 Å². The Morgan fingerprint density at radius 1 is 1.20 bits per heavy atom. The molecule has 0 aromatic heterocycles. The molecule has 1 saturated heterocycles. The van der Waals surface area contributed by atoms with Crippen molar-refractivity contribution in [2.24, 2.45) is 0 Å². The number of hydrazine groups is 1. The normalized spacial score (nSPS) is 20.8. The predicted octanol–water partition coefficient (Wildman–Crippen LogP) is 1.39. The lowest BCUT2D eigenvalue weighted by Crippen LogP contribution is -2.54. The molecule has 0 radical (unpaired) electrons. The van der Waals surface area contributed by atoms with Gasteiger partial charge in [0.2, 0.25) is 0 Å². The van der Waals surface area contributed by atoms with Gasteiger partial charge >= 0.3 is 0 Å². The van der Waals surface area contributed by atoms with Crippen molar-refractivity contribution >= 4 is 0 Å². The summed E-state index contributed by atoms with van der Waals surface area (Å²) in [6.07, 6.45) is 0.186. The molecule has 1 aliphatic rings. The maximum Gasteiger partial charge on any atom is 0.123 e. The van der Waals surface area contributed by atoms with Crippen LogP contribution in [-0.2, 0) is 0 Å². The van der Waals surface area contributed by atoms with Crippen LogP contribution in [0.2, 0.25) is 0 Å². The smallest absolute Gasteiger partial charge is 0.123 e. The van der Waals surface area contributed by atoms with Gasteiger partial charge in [0.25, 0.3) is 0 Å². The molecule has 2 N–H and O–H groups in total. The molecule has 0 amide bonds. The third-order valence-electron chi connectivity index (χ3n) is 3.88. The second kappa shape index (κ2) is 7.13. The van der Waals surface area contributed by atoms with Gasteiger partial charge in [0.15, 0.2) is 0 Å². The first kappa shape index (κ1) is 15.4. The summed E-state index contributed by atoms with van der Waals surface area (Å²) < 4.78 is 12.9. The van der Waals surface area contributed by atoms with Gasteiger partial charge < -0.3 is 10.0 Å². The van der Waals surface area contributed by atoms with Crippen molar-refractivity contribution in [3.8, 4) is 0 Å². The van der Waals surface area contributed by atoms with Crippen LogP contribution in [0, 0.1) is 5.82 Å². The van der Waals surface area contributed by atoms with Crippen LogP contribution in [-0.4, -0.2) is 54.3 Å². The maximum absolute atomic E-state index is 12.9. The lowest BCUT2D eigenvalue weighted by atomic mass is 10.0. The number of hydrogen-bond donors (Lipinski definition) is 2. The molecule has 2 rings (SSSR count). The highest BCUT2D eigenvalue weighted by atomic mass is 19.1. The van der Waals surface area contributed by atoms with Crippen molar-refractivity contribution in [1.29, 1.82) is 0 Å². The molecular weight excluding hydrogens is 257 g/mol. The number of halogens is 1. The van der Waals surface area contributed by atoms with Crippen LogP contribution < -0.4 is 5.43 Å². The SMILES string of the molecule is CCC(NN1CCN(C)CC1)C(O)c1ccc(F)cc1. The number of hydrogen-bond acceptors (Lipinski definition) is 4. The molecule has 1 aliphatic heterocycles. The van der Waals surface area contributed by atoms with Gasteiger partial charge in [0, 0.05) is 26.2 Å². The van der Waals surface area contributed by atoms with Gasteiger partial charge in [-0.15, -0.1) is 0 Å². The van der Waals surface area contributed by atoms with Gasteiger partial charge in [0.1, 0.15) is 5.82 Å². The highest BCUT2D eigenvalue weighted by molar-refractivity contribution is 5.19. The van der Waals surface area contributed by atoms with Crippen molar-refractivity contribution in [3.05, 3.63) is 35.6 Å². The van der Waals surface area contributed by atoms with E-state index < -0.39 is 6.10 Å². The molecule has 0 saturated carbocycles. The Balaban J connectivity index is 1.95. The van der Waals surface area contributed by atoms with Gasteiger partial charge in [-0.1, -0.05) is 19.1 Å². The summed E-state index contributed by atoms with van der Waals surface area (Å²) in [6.45, 7) is 5.99. The minimum absolute atomic E-state index is 0.0520. The molecule has 5 heteroatoms. The van der Waals surface area contributed by atoms with Crippen molar-refractivity contribution in [3.63, 3.8) is 0 Å². The van der Waals surface area contributed by atoms with E-state index in [9.17, 15) is 9.50 Å². The highest BCUT2D eigenvalue weighted by Gasteiger charge is 2.23. The average molecular weight is 281 g/mol. The summed E-state index contributed by atoms with van der Waals surface area (Å²) in [5.41, 5.74) is 4.15. The molecule has 2 atom stereocenters. The summed E-state index contributed by atoms with van der Waals surface area (Å²) in [5, 5.41) is 12.6. The van der Waals surface area contributed by atoms with Crippen LogP contribution in [0.25, 0.3) is 0 Å². The average Bonchev–Trinajstić information content (AvgIpc) is 2.47. The second-order valence-electron chi connectivity index (χ2n) is 5.43. The van der Waals surface area contributed by atoms with E-state index >= 15 is 0 Å². The van der Waals surface area contributed by atoms with E-state index in [1.165, 1.54) is 12.1 Å². The van der Waals surface area contributed by atoms with E-state index in [4.69, 9.17) is 0 Å². The molecule has 1 fully saturated rings. The van der Waals surface area contributed by atoms with Gasteiger partial charge in [0.05, 0.1) is 12.1 Å². The van der Waals surface area contributed by atoms with Crippen LogP contribution in [0.5, 0.6) is 0 Å². The minimum Gasteiger partial charge on any atom is -0.387 e. The molecule has 1 heterocycles. The Labute approximate surface area is 120 Å². The molecule has 0 spiro atoms. The first-order chi connectivity index (χ1) is 9.60. The molecule has 1 aromatic rings. The number of aliphatic hydroxyl groups excluding tert-OH is 1. The molecule has 2 unspecified atom stereocenters. The minimum atomic E-state index is -0.625. The lowest BCUT2D eigenvalue weighted by molar-refractivity contribution is 0.0363. The topological polar surface area (TPSA) is 38.7 Å². The zero-order valence-corrected chi connectivity index (χ0v) is 12.2. The largest absolute Gasteiger partial charge is 0.387 e. The molecule has 0 aliphatic carbocycles. The van der Waals surface area contributed by atoms with Crippen LogP contribution in [0.4, 0.5) is 4.39 Å². The number of benzene rings is 1. The molecule has 20 heavy (non-hydrogen) atoms. The lowest BCUT2D eigenvalue weighted by Gasteiger charge is -2.36. The summed E-state index contributed by atoms with van der Waals surface area (Å²) in [6, 6.07) is 6.02. The second-order valence-corrected chi connectivity index (χ2v) is 5.43. The summed E-state index contributed by atoms with van der Waals surface area (Å²) in [4.78, 5) is 2.29. The molecule has 0 bridgehead atoms. The predicted molar refractivity (Wildman–Crippen MR) is 77.6 cm³/mol. The zero-order valence-electron chi connectivity index (χ0n) is 12.2. The number of aliphatic hydroxyl groups is 1. The van der Waals surface area contributed by atoms with Gasteiger partial charge in [-0.3, -0.25) is 0 Å². The quantitative estimate of drug-likeness (QED) is 0.855. The first-order valence-corrected chi connectivity index (χ1v) is 7.23. The van der Waals surface area contributed by atoms with E-state index in [1.807, 2.05) is 6.92 Å². The van der Waals surface area contributed by atoms with E-state index in [1.54, 1.807) is 12.1 Å². The zero-order chi connectivity index (χ0) is 14.5. The summed E-state index contributed by atoms with van der Waals surface area (Å²) >= 11 is 0. The highest BCUT2D eigenvalue weighted by Crippen LogP contribution is 2.19. The Kier molecular flexibility index (Phi) is 5.48. The third-order valence-corrected chi connectivity index (χ3v) is 3.88. The van der Waals surface area contributed by atoms with Crippen LogP contribution in [0.1, 0.15) is 25.0 Å². The van der Waals surface area contributed by atoms with E-state index in [0.717, 1.165) is 38.2 Å². The van der Waals surface area contributed by atoms with E-state index in [0.29, 0.717) is 0 Å². The van der Waals surface area contributed by atoms with Crippen LogP contribution >= 0.6 is 0 Å². The molecular formula is C15H24FN3O. The van der Waals surface area contributed by atoms with E-state index in [-0.39, 0.29) is 11.9 Å². The fourth-order valence-corrected chi connectivity index (χ4v) is 2.45.